The van der Waals surface area contributed by atoms with E-state index < -0.39 is 36.4 Å². The summed E-state index contributed by atoms with van der Waals surface area (Å²) in [5.74, 6) is -0.440. The number of rotatable bonds is 5. The highest BCUT2D eigenvalue weighted by molar-refractivity contribution is 6.13. The van der Waals surface area contributed by atoms with E-state index in [0.29, 0.717) is 5.56 Å². The standard InChI is InChI=1S/C19H19N5O5/c20-9-19(16(27)15(26)13(8-25)29-19)14-7-6-12(23-14)17(22-10-21)24-18(28)11-4-2-1-3-5-11/h1-7,10,13,15-16,23,25-27H,8H2,(H2,21,22,24,28)/t13-,15-,16-,19+/m1/s1. The largest absolute Gasteiger partial charge is 0.394 e. The van der Waals surface area contributed by atoms with Gasteiger partial charge in [-0.05, 0) is 24.3 Å². The van der Waals surface area contributed by atoms with Crippen LogP contribution in [0.4, 0.5) is 0 Å². The smallest absolute Gasteiger partial charge is 0.256 e. The van der Waals surface area contributed by atoms with Crippen LogP contribution < -0.4 is 5.32 Å². The average molecular weight is 397 g/mol. The Kier molecular flexibility index (Phi) is 5.86. The SMILES string of the molecule is N#C[C@@]1(c2ccc(/C(=N\C=N)NC(=O)c3ccccc3)[nH]2)O[C@H](CO)[C@@H](O)[C@H]1O. The van der Waals surface area contributed by atoms with Gasteiger partial charge in [-0.1, -0.05) is 18.2 Å². The Morgan fingerprint density at radius 3 is 2.66 bits per heavy atom. The van der Waals surface area contributed by atoms with Crippen molar-refractivity contribution in [2.24, 2.45) is 4.99 Å². The van der Waals surface area contributed by atoms with E-state index in [1.165, 1.54) is 12.1 Å². The zero-order valence-corrected chi connectivity index (χ0v) is 15.1. The maximum Gasteiger partial charge on any atom is 0.256 e. The number of ether oxygens (including phenoxy) is 1. The molecule has 150 valence electrons. The van der Waals surface area contributed by atoms with Crippen molar-refractivity contribution in [3.8, 4) is 6.07 Å². The molecule has 1 aliphatic heterocycles. The highest BCUT2D eigenvalue weighted by Crippen LogP contribution is 2.39. The van der Waals surface area contributed by atoms with Gasteiger partial charge in [0.25, 0.3) is 5.91 Å². The van der Waals surface area contributed by atoms with Crippen molar-refractivity contribution in [3.05, 3.63) is 59.4 Å². The second kappa shape index (κ2) is 8.34. The highest BCUT2D eigenvalue weighted by atomic mass is 16.6. The lowest BCUT2D eigenvalue weighted by Crippen LogP contribution is -2.40. The summed E-state index contributed by atoms with van der Waals surface area (Å²) in [7, 11) is 0. The van der Waals surface area contributed by atoms with Gasteiger partial charge < -0.3 is 30.4 Å². The van der Waals surface area contributed by atoms with E-state index in [2.05, 4.69) is 15.3 Å². The van der Waals surface area contributed by atoms with Gasteiger partial charge in [0.15, 0.2) is 5.84 Å². The third-order valence-corrected chi connectivity index (χ3v) is 4.61. The molecule has 0 saturated carbocycles. The molecule has 2 aromatic rings. The number of aliphatic hydroxyl groups excluding tert-OH is 3. The van der Waals surface area contributed by atoms with Crippen LogP contribution in [0.2, 0.25) is 0 Å². The van der Waals surface area contributed by atoms with Crippen LogP contribution in [0.15, 0.2) is 47.5 Å². The number of benzene rings is 1. The maximum absolute atomic E-state index is 12.4. The number of hydrogen-bond acceptors (Lipinski definition) is 7. The number of aliphatic imine (C=N–C) groups is 1. The Labute approximate surface area is 165 Å². The molecule has 1 amide bonds. The Morgan fingerprint density at radius 2 is 2.07 bits per heavy atom. The summed E-state index contributed by atoms with van der Waals surface area (Å²) in [4.78, 5) is 19.1. The molecule has 29 heavy (non-hydrogen) atoms. The molecule has 1 aromatic carbocycles. The van der Waals surface area contributed by atoms with E-state index in [9.17, 15) is 25.4 Å². The minimum absolute atomic E-state index is 0.0138. The number of amidine groups is 1. The molecular formula is C19H19N5O5. The number of carbonyl (C=O) groups is 1. The molecule has 1 aromatic heterocycles. The minimum Gasteiger partial charge on any atom is -0.394 e. The lowest BCUT2D eigenvalue weighted by Gasteiger charge is -2.23. The van der Waals surface area contributed by atoms with Gasteiger partial charge in [-0.15, -0.1) is 0 Å². The molecule has 1 fully saturated rings. The van der Waals surface area contributed by atoms with Crippen LogP contribution in [-0.4, -0.2) is 63.3 Å². The summed E-state index contributed by atoms with van der Waals surface area (Å²) in [5.41, 5.74) is -1.21. The third kappa shape index (κ3) is 3.67. The fourth-order valence-corrected chi connectivity index (χ4v) is 3.10. The lowest BCUT2D eigenvalue weighted by atomic mass is 9.93. The van der Waals surface area contributed by atoms with Crippen LogP contribution in [0.5, 0.6) is 0 Å². The molecule has 6 N–H and O–H groups in total. The fraction of sp³-hybridized carbons (Fsp3) is 0.263. The number of nitrogens with one attached hydrogen (secondary N) is 3. The van der Waals surface area contributed by atoms with Gasteiger partial charge in [0.2, 0.25) is 5.60 Å². The van der Waals surface area contributed by atoms with Crippen LogP contribution in [0.25, 0.3) is 0 Å². The number of aliphatic hydroxyl groups is 3. The molecule has 1 saturated heterocycles. The van der Waals surface area contributed by atoms with Crippen molar-refractivity contribution in [2.75, 3.05) is 6.61 Å². The molecular weight excluding hydrogens is 378 g/mol. The fourth-order valence-electron chi connectivity index (χ4n) is 3.10. The van der Waals surface area contributed by atoms with Crippen molar-refractivity contribution >= 4 is 18.1 Å². The monoisotopic (exact) mass is 397 g/mol. The number of aromatic nitrogens is 1. The lowest BCUT2D eigenvalue weighted by molar-refractivity contribution is -0.0632. The number of nitriles is 1. The van der Waals surface area contributed by atoms with Gasteiger partial charge in [0.05, 0.1) is 18.0 Å². The second-order valence-corrected chi connectivity index (χ2v) is 6.33. The molecule has 0 unspecified atom stereocenters. The van der Waals surface area contributed by atoms with Gasteiger partial charge in [-0.25, -0.2) is 4.99 Å². The van der Waals surface area contributed by atoms with Crippen LogP contribution in [-0.2, 0) is 10.3 Å². The van der Waals surface area contributed by atoms with E-state index in [1.807, 2.05) is 6.07 Å². The number of carbonyl (C=O) groups excluding carboxylic acids is 1. The number of H-pyrrole nitrogens is 1. The number of aromatic amines is 1. The van der Waals surface area contributed by atoms with E-state index in [4.69, 9.17) is 10.1 Å². The molecule has 0 bridgehead atoms. The topological polar surface area (TPSA) is 175 Å². The predicted octanol–water partition coefficient (Wildman–Crippen LogP) is -0.370. The van der Waals surface area contributed by atoms with Crippen LogP contribution in [0.3, 0.4) is 0 Å². The summed E-state index contributed by atoms with van der Waals surface area (Å²) in [6, 6.07) is 13.2. The van der Waals surface area contributed by atoms with Crippen LogP contribution in [0.1, 0.15) is 21.7 Å². The molecule has 3 rings (SSSR count). The van der Waals surface area contributed by atoms with Gasteiger partial charge in [0.1, 0.15) is 30.7 Å². The van der Waals surface area contributed by atoms with Crippen molar-refractivity contribution in [3.63, 3.8) is 0 Å². The highest BCUT2D eigenvalue weighted by Gasteiger charge is 2.56. The molecule has 4 atom stereocenters. The quantitative estimate of drug-likeness (QED) is 0.296. The van der Waals surface area contributed by atoms with Crippen LogP contribution >= 0.6 is 0 Å². The average Bonchev–Trinajstić information content (AvgIpc) is 3.33. The van der Waals surface area contributed by atoms with E-state index in [-0.39, 0.29) is 17.2 Å². The zero-order valence-electron chi connectivity index (χ0n) is 15.1. The van der Waals surface area contributed by atoms with Gasteiger partial charge in [0, 0.05) is 5.56 Å². The normalized spacial score (nSPS) is 26.7. The maximum atomic E-state index is 12.4. The first-order valence-electron chi connectivity index (χ1n) is 8.66. The predicted molar refractivity (Wildman–Crippen MR) is 101 cm³/mol. The molecule has 0 radical (unpaired) electrons. The first kappa shape index (κ1) is 20.4. The van der Waals surface area contributed by atoms with E-state index in [0.717, 1.165) is 6.34 Å². The van der Waals surface area contributed by atoms with Crippen LogP contribution in [0, 0.1) is 16.7 Å². The summed E-state index contributed by atoms with van der Waals surface area (Å²) < 4.78 is 5.45. The van der Waals surface area contributed by atoms with Gasteiger partial charge >= 0.3 is 0 Å². The third-order valence-electron chi connectivity index (χ3n) is 4.61. The minimum atomic E-state index is -1.94. The Balaban J connectivity index is 1.90. The van der Waals surface area contributed by atoms with Crippen molar-refractivity contribution in [2.45, 2.75) is 23.9 Å². The second-order valence-electron chi connectivity index (χ2n) is 6.33. The first-order chi connectivity index (χ1) is 14.0. The van der Waals surface area contributed by atoms with Crippen molar-refractivity contribution in [1.82, 2.24) is 10.3 Å². The van der Waals surface area contributed by atoms with E-state index in [1.54, 1.807) is 30.3 Å². The number of hydrogen-bond donors (Lipinski definition) is 6. The van der Waals surface area contributed by atoms with E-state index >= 15 is 0 Å². The molecule has 10 nitrogen and oxygen atoms in total. The summed E-state index contributed by atoms with van der Waals surface area (Å²) in [5, 5.41) is 49.1. The molecule has 10 heteroatoms. The Hall–Kier alpha value is -3.36. The van der Waals surface area contributed by atoms with Crippen molar-refractivity contribution in [1.29, 1.82) is 10.7 Å². The summed E-state index contributed by atoms with van der Waals surface area (Å²) >= 11 is 0. The zero-order chi connectivity index (χ0) is 21.0. The summed E-state index contributed by atoms with van der Waals surface area (Å²) in [6.45, 7) is -0.580. The first-order valence-corrected chi connectivity index (χ1v) is 8.66. The Bertz CT molecular complexity index is 967. The van der Waals surface area contributed by atoms with Crippen molar-refractivity contribution < 1.29 is 24.9 Å². The van der Waals surface area contributed by atoms with Gasteiger partial charge in [-0.3, -0.25) is 10.2 Å². The number of amides is 1. The number of nitrogens with zero attached hydrogens (tertiary/aromatic N) is 2. The Morgan fingerprint density at radius 1 is 1.34 bits per heavy atom. The summed E-state index contributed by atoms with van der Waals surface area (Å²) in [6.07, 6.45) is -3.46. The molecule has 0 aliphatic carbocycles. The van der Waals surface area contributed by atoms with Gasteiger partial charge in [-0.2, -0.15) is 5.26 Å². The molecule has 1 aliphatic rings. The molecule has 2 heterocycles. The molecule has 0 spiro atoms.